The van der Waals surface area contributed by atoms with E-state index in [2.05, 4.69) is 0 Å². The Morgan fingerprint density at radius 1 is 1.62 bits per heavy atom. The van der Waals surface area contributed by atoms with Crippen LogP contribution < -0.4 is 0 Å². The van der Waals surface area contributed by atoms with Crippen LogP contribution in [0.15, 0.2) is 0 Å². The SMILES string of the molecule is CCOC(=O)N1CC(O)CC1CC. The number of amides is 1. The highest BCUT2D eigenvalue weighted by Gasteiger charge is 2.33. The summed E-state index contributed by atoms with van der Waals surface area (Å²) in [6, 6.07) is 0.147. The molecule has 0 aliphatic carbocycles. The molecule has 1 saturated heterocycles. The first-order valence-corrected chi connectivity index (χ1v) is 4.80. The van der Waals surface area contributed by atoms with Gasteiger partial charge in [-0.1, -0.05) is 6.92 Å². The molecule has 0 radical (unpaired) electrons. The van der Waals surface area contributed by atoms with Crippen molar-refractivity contribution in [3.05, 3.63) is 0 Å². The van der Waals surface area contributed by atoms with Crippen molar-refractivity contribution in [2.75, 3.05) is 13.2 Å². The normalized spacial score (nSPS) is 27.8. The molecule has 0 aromatic carbocycles. The van der Waals surface area contributed by atoms with Crippen molar-refractivity contribution in [3.8, 4) is 0 Å². The van der Waals surface area contributed by atoms with Crippen LogP contribution in [0.3, 0.4) is 0 Å². The highest BCUT2D eigenvalue weighted by molar-refractivity contribution is 5.68. The number of aliphatic hydroxyl groups is 1. The number of carbonyl (C=O) groups excluding carboxylic acids is 1. The summed E-state index contributed by atoms with van der Waals surface area (Å²) in [5.41, 5.74) is 0. The third kappa shape index (κ3) is 2.34. The molecule has 1 rings (SSSR count). The average Bonchev–Trinajstić information content (AvgIpc) is 2.47. The van der Waals surface area contributed by atoms with Gasteiger partial charge in [0.2, 0.25) is 0 Å². The van der Waals surface area contributed by atoms with E-state index in [4.69, 9.17) is 4.74 Å². The van der Waals surface area contributed by atoms with Gasteiger partial charge in [-0.15, -0.1) is 0 Å². The summed E-state index contributed by atoms with van der Waals surface area (Å²) in [4.78, 5) is 13.0. The monoisotopic (exact) mass is 187 g/mol. The standard InChI is InChI=1S/C9H17NO3/c1-3-7-5-8(11)6-10(7)9(12)13-4-2/h7-8,11H,3-6H2,1-2H3. The Labute approximate surface area is 78.5 Å². The molecule has 1 aliphatic heterocycles. The fraction of sp³-hybridized carbons (Fsp3) is 0.889. The zero-order valence-electron chi connectivity index (χ0n) is 8.19. The largest absolute Gasteiger partial charge is 0.450 e. The van der Waals surface area contributed by atoms with Crippen molar-refractivity contribution in [1.82, 2.24) is 4.90 Å². The minimum Gasteiger partial charge on any atom is -0.450 e. The molecule has 0 spiro atoms. The third-order valence-electron chi connectivity index (χ3n) is 2.37. The van der Waals surface area contributed by atoms with E-state index in [0.717, 1.165) is 6.42 Å². The molecule has 4 heteroatoms. The van der Waals surface area contributed by atoms with Crippen molar-refractivity contribution in [1.29, 1.82) is 0 Å². The van der Waals surface area contributed by atoms with E-state index in [9.17, 15) is 9.90 Å². The summed E-state index contributed by atoms with van der Waals surface area (Å²) in [6.45, 7) is 4.60. The van der Waals surface area contributed by atoms with Crippen molar-refractivity contribution >= 4 is 6.09 Å². The van der Waals surface area contributed by atoms with Gasteiger partial charge in [0, 0.05) is 6.04 Å². The summed E-state index contributed by atoms with van der Waals surface area (Å²) >= 11 is 0. The Kier molecular flexibility index (Phi) is 3.54. The van der Waals surface area contributed by atoms with Crippen molar-refractivity contribution in [2.24, 2.45) is 0 Å². The van der Waals surface area contributed by atoms with E-state index in [1.807, 2.05) is 6.92 Å². The molecule has 0 bridgehead atoms. The predicted octanol–water partition coefficient (Wildman–Crippen LogP) is 0.988. The summed E-state index contributed by atoms with van der Waals surface area (Å²) < 4.78 is 4.88. The van der Waals surface area contributed by atoms with Crippen molar-refractivity contribution < 1.29 is 14.6 Å². The van der Waals surface area contributed by atoms with Gasteiger partial charge in [-0.25, -0.2) is 4.79 Å². The molecule has 76 valence electrons. The Morgan fingerprint density at radius 3 is 2.85 bits per heavy atom. The van der Waals surface area contributed by atoms with Crippen LogP contribution in [0, 0.1) is 0 Å². The maximum Gasteiger partial charge on any atom is 0.410 e. The first kappa shape index (κ1) is 10.3. The molecule has 0 saturated carbocycles. The van der Waals surface area contributed by atoms with Crippen LogP contribution in [0.2, 0.25) is 0 Å². The number of rotatable bonds is 2. The summed E-state index contributed by atoms with van der Waals surface area (Å²) in [5.74, 6) is 0. The molecular formula is C9H17NO3. The van der Waals surface area contributed by atoms with Gasteiger partial charge >= 0.3 is 6.09 Å². The molecule has 0 aromatic heterocycles. The Bertz CT molecular complexity index is 184. The number of hydrogen-bond donors (Lipinski definition) is 1. The molecule has 2 unspecified atom stereocenters. The van der Waals surface area contributed by atoms with Crippen LogP contribution in [0.25, 0.3) is 0 Å². The third-order valence-corrected chi connectivity index (χ3v) is 2.37. The predicted molar refractivity (Wildman–Crippen MR) is 48.4 cm³/mol. The van der Waals surface area contributed by atoms with Crippen molar-refractivity contribution in [3.63, 3.8) is 0 Å². The first-order valence-electron chi connectivity index (χ1n) is 4.80. The molecule has 1 aliphatic rings. The highest BCUT2D eigenvalue weighted by Crippen LogP contribution is 2.20. The topological polar surface area (TPSA) is 49.8 Å². The van der Waals surface area contributed by atoms with Crippen LogP contribution in [-0.2, 0) is 4.74 Å². The lowest BCUT2D eigenvalue weighted by Crippen LogP contribution is -2.36. The van der Waals surface area contributed by atoms with Gasteiger partial charge < -0.3 is 14.7 Å². The van der Waals surface area contributed by atoms with Gasteiger partial charge in [-0.3, -0.25) is 0 Å². The summed E-state index contributed by atoms with van der Waals surface area (Å²) in [5, 5.41) is 9.37. The lowest BCUT2D eigenvalue weighted by atomic mass is 10.1. The second kappa shape index (κ2) is 4.46. The minimum absolute atomic E-state index is 0.147. The van der Waals surface area contributed by atoms with Gasteiger partial charge in [0.15, 0.2) is 0 Å². The molecule has 1 heterocycles. The smallest absolute Gasteiger partial charge is 0.410 e. The van der Waals surface area contributed by atoms with Crippen molar-refractivity contribution in [2.45, 2.75) is 38.8 Å². The van der Waals surface area contributed by atoms with Gasteiger partial charge in [0.05, 0.1) is 19.3 Å². The molecule has 4 nitrogen and oxygen atoms in total. The van der Waals surface area contributed by atoms with Crippen LogP contribution in [-0.4, -0.2) is 41.4 Å². The molecule has 0 aromatic rings. The fourth-order valence-corrected chi connectivity index (χ4v) is 1.71. The maximum absolute atomic E-state index is 11.4. The number of β-amino-alcohol motifs (C(OH)–C–C–N with tert-alkyl or cyclic N) is 1. The number of aliphatic hydroxyl groups excluding tert-OH is 1. The van der Waals surface area contributed by atoms with E-state index in [1.165, 1.54) is 0 Å². The molecular weight excluding hydrogens is 170 g/mol. The zero-order valence-corrected chi connectivity index (χ0v) is 8.19. The second-order valence-electron chi connectivity index (χ2n) is 3.30. The molecule has 2 atom stereocenters. The number of hydrogen-bond acceptors (Lipinski definition) is 3. The maximum atomic E-state index is 11.4. The van der Waals surface area contributed by atoms with Crippen LogP contribution in [0.4, 0.5) is 4.79 Å². The quantitative estimate of drug-likeness (QED) is 0.701. The van der Waals surface area contributed by atoms with E-state index in [0.29, 0.717) is 19.6 Å². The van der Waals surface area contributed by atoms with Crippen LogP contribution in [0.1, 0.15) is 26.7 Å². The molecule has 1 fully saturated rings. The number of ether oxygens (including phenoxy) is 1. The number of likely N-dealkylation sites (tertiary alicyclic amines) is 1. The Balaban J connectivity index is 2.52. The van der Waals surface area contributed by atoms with E-state index < -0.39 is 0 Å². The van der Waals surface area contributed by atoms with Gasteiger partial charge in [0.25, 0.3) is 0 Å². The first-order chi connectivity index (χ1) is 6.19. The van der Waals surface area contributed by atoms with Crippen LogP contribution >= 0.6 is 0 Å². The lowest BCUT2D eigenvalue weighted by Gasteiger charge is -2.21. The average molecular weight is 187 g/mol. The summed E-state index contributed by atoms with van der Waals surface area (Å²) in [7, 11) is 0. The molecule has 13 heavy (non-hydrogen) atoms. The fourth-order valence-electron chi connectivity index (χ4n) is 1.71. The van der Waals surface area contributed by atoms with E-state index in [1.54, 1.807) is 11.8 Å². The second-order valence-corrected chi connectivity index (χ2v) is 3.30. The number of carbonyl (C=O) groups is 1. The number of nitrogens with zero attached hydrogens (tertiary/aromatic N) is 1. The molecule has 1 N–H and O–H groups in total. The Morgan fingerprint density at radius 2 is 2.31 bits per heavy atom. The highest BCUT2D eigenvalue weighted by atomic mass is 16.6. The zero-order chi connectivity index (χ0) is 9.84. The van der Waals surface area contributed by atoms with Gasteiger partial charge in [0.1, 0.15) is 0 Å². The van der Waals surface area contributed by atoms with E-state index >= 15 is 0 Å². The van der Waals surface area contributed by atoms with Crippen LogP contribution in [0.5, 0.6) is 0 Å². The van der Waals surface area contributed by atoms with Gasteiger partial charge in [-0.2, -0.15) is 0 Å². The Hall–Kier alpha value is -0.770. The van der Waals surface area contributed by atoms with E-state index in [-0.39, 0.29) is 18.2 Å². The molecule has 1 amide bonds. The lowest BCUT2D eigenvalue weighted by molar-refractivity contribution is 0.0971. The van der Waals surface area contributed by atoms with Gasteiger partial charge in [-0.05, 0) is 19.8 Å². The summed E-state index contributed by atoms with van der Waals surface area (Å²) in [6.07, 6.45) is 0.866. The minimum atomic E-state index is -0.380.